The molecule has 4 nitrogen and oxygen atoms in total. The zero-order valence-corrected chi connectivity index (χ0v) is 13.5. The molecule has 0 saturated heterocycles. The van der Waals surface area contributed by atoms with Gasteiger partial charge in [-0.05, 0) is 55.2 Å². The minimum absolute atomic E-state index is 0.230. The number of rotatable bonds is 5. The van der Waals surface area contributed by atoms with Crippen LogP contribution in [-0.2, 0) is 4.84 Å². The van der Waals surface area contributed by atoms with E-state index in [1.807, 2.05) is 6.92 Å². The van der Waals surface area contributed by atoms with Crippen molar-refractivity contribution < 1.29 is 18.8 Å². The van der Waals surface area contributed by atoms with Gasteiger partial charge in [0.05, 0.1) is 18.4 Å². The van der Waals surface area contributed by atoms with Gasteiger partial charge in [-0.3, -0.25) is 0 Å². The van der Waals surface area contributed by atoms with Crippen LogP contribution in [0.15, 0.2) is 53.7 Å². The SMILES string of the molecule is COc1cccc(C(=O)O/N=C(/C)[C@H]2C[C@H]2c2ccc(F)cc2)c1. The molecule has 24 heavy (non-hydrogen) atoms. The number of hydrogen-bond acceptors (Lipinski definition) is 4. The van der Waals surface area contributed by atoms with Gasteiger partial charge in [-0.1, -0.05) is 23.4 Å². The van der Waals surface area contributed by atoms with E-state index in [1.165, 1.54) is 19.2 Å². The molecule has 2 aromatic rings. The fourth-order valence-corrected chi connectivity index (χ4v) is 2.72. The van der Waals surface area contributed by atoms with Crippen molar-refractivity contribution in [1.82, 2.24) is 0 Å². The second kappa shape index (κ2) is 6.83. The Bertz CT molecular complexity index is 770. The summed E-state index contributed by atoms with van der Waals surface area (Å²) in [4.78, 5) is 17.1. The Morgan fingerprint density at radius 1 is 1.21 bits per heavy atom. The van der Waals surface area contributed by atoms with Crippen LogP contribution in [0, 0.1) is 11.7 Å². The van der Waals surface area contributed by atoms with Crippen LogP contribution < -0.4 is 4.74 Å². The van der Waals surface area contributed by atoms with E-state index in [1.54, 1.807) is 36.4 Å². The Balaban J connectivity index is 1.60. The lowest BCUT2D eigenvalue weighted by Crippen LogP contribution is -2.05. The van der Waals surface area contributed by atoms with Gasteiger partial charge in [-0.2, -0.15) is 0 Å². The quantitative estimate of drug-likeness (QED) is 0.470. The first-order chi connectivity index (χ1) is 11.6. The second-order valence-corrected chi connectivity index (χ2v) is 5.84. The van der Waals surface area contributed by atoms with Crippen LogP contribution in [0.1, 0.15) is 35.2 Å². The fourth-order valence-electron chi connectivity index (χ4n) is 2.72. The lowest BCUT2D eigenvalue weighted by molar-refractivity contribution is 0.0514. The third kappa shape index (κ3) is 3.62. The zero-order chi connectivity index (χ0) is 17.1. The summed E-state index contributed by atoms with van der Waals surface area (Å²) < 4.78 is 18.0. The molecule has 124 valence electrons. The summed E-state index contributed by atoms with van der Waals surface area (Å²) in [6.45, 7) is 1.84. The Labute approximate surface area is 139 Å². The van der Waals surface area contributed by atoms with E-state index in [2.05, 4.69) is 5.16 Å². The molecule has 0 aromatic heterocycles. The topological polar surface area (TPSA) is 47.9 Å². The van der Waals surface area contributed by atoms with Crippen LogP contribution in [0.3, 0.4) is 0 Å². The number of carbonyl (C=O) groups is 1. The zero-order valence-electron chi connectivity index (χ0n) is 13.5. The molecule has 0 unspecified atom stereocenters. The van der Waals surface area contributed by atoms with E-state index >= 15 is 0 Å². The molecule has 0 amide bonds. The minimum atomic E-state index is -0.521. The van der Waals surface area contributed by atoms with E-state index in [0.29, 0.717) is 17.2 Å². The maximum atomic E-state index is 13.0. The fraction of sp³-hybridized carbons (Fsp3) is 0.263. The van der Waals surface area contributed by atoms with Crippen molar-refractivity contribution in [1.29, 1.82) is 0 Å². The summed E-state index contributed by atoms with van der Waals surface area (Å²) in [6.07, 6.45) is 0.928. The van der Waals surface area contributed by atoms with Gasteiger partial charge in [0.15, 0.2) is 0 Å². The van der Waals surface area contributed by atoms with E-state index in [-0.39, 0.29) is 11.7 Å². The molecular formula is C19H18FNO3. The summed E-state index contributed by atoms with van der Waals surface area (Å²) >= 11 is 0. The molecule has 0 spiro atoms. The summed E-state index contributed by atoms with van der Waals surface area (Å²) in [5, 5.41) is 3.96. The van der Waals surface area contributed by atoms with Crippen molar-refractivity contribution in [3.63, 3.8) is 0 Å². The molecule has 3 rings (SSSR count). The Morgan fingerprint density at radius 3 is 2.67 bits per heavy atom. The first-order valence-electron chi connectivity index (χ1n) is 7.74. The summed E-state index contributed by atoms with van der Waals surface area (Å²) in [6, 6.07) is 13.2. The van der Waals surface area contributed by atoms with Crippen molar-refractivity contribution in [2.45, 2.75) is 19.3 Å². The third-order valence-electron chi connectivity index (χ3n) is 4.20. The molecule has 1 aliphatic rings. The average molecular weight is 327 g/mol. The molecule has 5 heteroatoms. The normalized spacial score (nSPS) is 19.7. The van der Waals surface area contributed by atoms with Crippen molar-refractivity contribution in [3.05, 3.63) is 65.5 Å². The number of carbonyl (C=O) groups excluding carboxylic acids is 1. The highest BCUT2D eigenvalue weighted by atomic mass is 19.1. The standard InChI is InChI=1S/C19H18FNO3/c1-12(17-11-18(17)13-6-8-15(20)9-7-13)21-24-19(22)14-4-3-5-16(10-14)23-2/h3-10,17-18H,11H2,1-2H3/b21-12-/t17-,18+/m1/s1. The molecule has 0 aliphatic heterocycles. The van der Waals surface area contributed by atoms with Crippen LogP contribution in [-0.4, -0.2) is 18.8 Å². The van der Waals surface area contributed by atoms with Gasteiger partial charge >= 0.3 is 5.97 Å². The number of hydrogen-bond donors (Lipinski definition) is 0. The van der Waals surface area contributed by atoms with E-state index in [9.17, 15) is 9.18 Å². The number of oxime groups is 1. The van der Waals surface area contributed by atoms with E-state index < -0.39 is 5.97 Å². The van der Waals surface area contributed by atoms with Gasteiger partial charge in [0.1, 0.15) is 11.6 Å². The maximum Gasteiger partial charge on any atom is 0.365 e. The highest BCUT2D eigenvalue weighted by Gasteiger charge is 2.40. The second-order valence-electron chi connectivity index (χ2n) is 5.84. The van der Waals surface area contributed by atoms with Crippen LogP contribution in [0.25, 0.3) is 0 Å². The Hall–Kier alpha value is -2.69. The van der Waals surface area contributed by atoms with Crippen molar-refractivity contribution >= 4 is 11.7 Å². The lowest BCUT2D eigenvalue weighted by Gasteiger charge is -2.03. The molecular weight excluding hydrogens is 309 g/mol. The molecule has 1 aliphatic carbocycles. The number of halogens is 1. The molecule has 2 atom stereocenters. The van der Waals surface area contributed by atoms with Crippen LogP contribution in [0.4, 0.5) is 4.39 Å². The average Bonchev–Trinajstić information content (AvgIpc) is 3.41. The van der Waals surface area contributed by atoms with Crippen molar-refractivity contribution in [3.8, 4) is 5.75 Å². The third-order valence-corrected chi connectivity index (χ3v) is 4.20. The molecule has 0 heterocycles. The van der Waals surface area contributed by atoms with Gasteiger partial charge in [0, 0.05) is 5.92 Å². The van der Waals surface area contributed by atoms with Crippen LogP contribution in [0.2, 0.25) is 0 Å². The number of benzene rings is 2. The van der Waals surface area contributed by atoms with Crippen molar-refractivity contribution in [2.24, 2.45) is 11.1 Å². The lowest BCUT2D eigenvalue weighted by atomic mass is 10.1. The van der Waals surface area contributed by atoms with E-state index in [0.717, 1.165) is 17.7 Å². The number of nitrogens with zero attached hydrogens (tertiary/aromatic N) is 1. The predicted octanol–water partition coefficient (Wildman–Crippen LogP) is 4.17. The monoisotopic (exact) mass is 327 g/mol. The summed E-state index contributed by atoms with van der Waals surface area (Å²) in [5.74, 6) is 0.364. The number of methoxy groups -OCH3 is 1. The maximum absolute atomic E-state index is 13.0. The largest absolute Gasteiger partial charge is 0.497 e. The van der Waals surface area contributed by atoms with Crippen LogP contribution in [0.5, 0.6) is 5.75 Å². The Morgan fingerprint density at radius 2 is 1.96 bits per heavy atom. The number of ether oxygens (including phenoxy) is 1. The van der Waals surface area contributed by atoms with Crippen molar-refractivity contribution in [2.75, 3.05) is 7.11 Å². The first kappa shape index (κ1) is 16.2. The molecule has 1 fully saturated rings. The first-order valence-corrected chi connectivity index (χ1v) is 7.74. The van der Waals surface area contributed by atoms with Gasteiger partial charge < -0.3 is 9.57 Å². The van der Waals surface area contributed by atoms with Crippen LogP contribution >= 0.6 is 0 Å². The minimum Gasteiger partial charge on any atom is -0.497 e. The van der Waals surface area contributed by atoms with Gasteiger partial charge in [-0.25, -0.2) is 9.18 Å². The van der Waals surface area contributed by atoms with Gasteiger partial charge in [0.2, 0.25) is 0 Å². The molecule has 0 N–H and O–H groups in total. The summed E-state index contributed by atoms with van der Waals surface area (Å²) in [5.41, 5.74) is 2.23. The summed E-state index contributed by atoms with van der Waals surface area (Å²) in [7, 11) is 1.54. The Kier molecular flexibility index (Phi) is 4.60. The molecule has 0 radical (unpaired) electrons. The highest BCUT2D eigenvalue weighted by molar-refractivity contribution is 5.92. The van der Waals surface area contributed by atoms with Gasteiger partial charge in [0.25, 0.3) is 0 Å². The molecule has 2 aromatic carbocycles. The molecule has 0 bridgehead atoms. The molecule has 1 saturated carbocycles. The van der Waals surface area contributed by atoms with Gasteiger partial charge in [-0.15, -0.1) is 0 Å². The smallest absolute Gasteiger partial charge is 0.365 e. The highest BCUT2D eigenvalue weighted by Crippen LogP contribution is 2.48. The predicted molar refractivity (Wildman–Crippen MR) is 88.8 cm³/mol. The van der Waals surface area contributed by atoms with E-state index in [4.69, 9.17) is 9.57 Å².